The lowest BCUT2D eigenvalue weighted by Crippen LogP contribution is -2.00. The smallest absolute Gasteiger partial charge is 0.267 e. The molecule has 0 aromatic carbocycles. The normalized spacial score (nSPS) is 12.4. The zero-order chi connectivity index (χ0) is 10.6. The van der Waals surface area contributed by atoms with Crippen LogP contribution in [0.1, 0.15) is 11.8 Å². The van der Waals surface area contributed by atoms with Crippen LogP contribution in [0.25, 0.3) is 6.08 Å². The summed E-state index contributed by atoms with van der Waals surface area (Å²) in [7, 11) is -3.54. The molecule has 0 fully saturated rings. The molecule has 0 radical (unpaired) electrons. The predicted octanol–water partition coefficient (Wildman–Crippen LogP) is 2.74. The molecule has 78 valence electrons. The molecule has 1 aromatic rings. The van der Waals surface area contributed by atoms with Gasteiger partial charge in [0.25, 0.3) is 10.1 Å². The van der Waals surface area contributed by atoms with Crippen molar-refractivity contribution in [1.82, 2.24) is 0 Å². The predicted molar refractivity (Wildman–Crippen MR) is 58.9 cm³/mol. The molecule has 1 heterocycles. The molecule has 6 heteroatoms. The van der Waals surface area contributed by atoms with Crippen molar-refractivity contribution in [2.45, 2.75) is 6.92 Å². The van der Waals surface area contributed by atoms with E-state index < -0.39 is 10.1 Å². The molecule has 1 aromatic heterocycles. The van der Waals surface area contributed by atoms with Crippen LogP contribution in [0.4, 0.5) is 0 Å². The van der Waals surface area contributed by atoms with Gasteiger partial charge in [-0.05, 0) is 25.1 Å². The fourth-order valence-corrected chi connectivity index (χ4v) is 2.54. The number of hydrogen-bond donors (Lipinski definition) is 0. The minimum atomic E-state index is -3.54. The van der Waals surface area contributed by atoms with Gasteiger partial charge in [-0.15, -0.1) is 11.3 Å². The molecule has 3 nitrogen and oxygen atoms in total. The lowest BCUT2D eigenvalue weighted by Gasteiger charge is -1.94. The Balaban J connectivity index is 2.73. The van der Waals surface area contributed by atoms with E-state index in [0.29, 0.717) is 4.34 Å². The Bertz CT molecular complexity index is 420. The molecule has 0 unspecified atom stereocenters. The third-order valence-electron chi connectivity index (χ3n) is 1.28. The molecule has 1 rings (SSSR count). The summed E-state index contributed by atoms with van der Waals surface area (Å²) in [5.74, 6) is 0. The van der Waals surface area contributed by atoms with Crippen LogP contribution in [-0.2, 0) is 14.3 Å². The Labute approximate surface area is 92.1 Å². The van der Waals surface area contributed by atoms with Crippen LogP contribution < -0.4 is 0 Å². The van der Waals surface area contributed by atoms with E-state index in [0.717, 1.165) is 10.3 Å². The highest BCUT2D eigenvalue weighted by atomic mass is 35.5. The van der Waals surface area contributed by atoms with Crippen molar-refractivity contribution in [1.29, 1.82) is 0 Å². The van der Waals surface area contributed by atoms with Gasteiger partial charge in [-0.2, -0.15) is 8.42 Å². The molecule has 0 spiro atoms. The lowest BCUT2D eigenvalue weighted by molar-refractivity contribution is 0.345. The van der Waals surface area contributed by atoms with E-state index in [1.807, 2.05) is 0 Å². The average molecular weight is 253 g/mol. The maximum absolute atomic E-state index is 11.1. The van der Waals surface area contributed by atoms with Crippen molar-refractivity contribution in [3.05, 3.63) is 26.8 Å². The first kappa shape index (κ1) is 11.7. The van der Waals surface area contributed by atoms with E-state index in [9.17, 15) is 8.42 Å². The van der Waals surface area contributed by atoms with E-state index in [2.05, 4.69) is 4.18 Å². The summed E-state index contributed by atoms with van der Waals surface area (Å²) in [5.41, 5.74) is 0. The first-order valence-electron chi connectivity index (χ1n) is 3.86. The van der Waals surface area contributed by atoms with Gasteiger partial charge in [0.15, 0.2) is 0 Å². The van der Waals surface area contributed by atoms with E-state index in [4.69, 9.17) is 11.6 Å². The Morgan fingerprint density at radius 1 is 1.57 bits per heavy atom. The maximum Gasteiger partial charge on any atom is 0.290 e. The van der Waals surface area contributed by atoms with Crippen LogP contribution in [0, 0.1) is 0 Å². The van der Waals surface area contributed by atoms with Crippen LogP contribution in [0.15, 0.2) is 17.5 Å². The molecule has 0 saturated carbocycles. The van der Waals surface area contributed by atoms with Gasteiger partial charge in [-0.25, -0.2) is 0 Å². The molecule has 0 bridgehead atoms. The van der Waals surface area contributed by atoms with Crippen molar-refractivity contribution in [3.63, 3.8) is 0 Å². The van der Waals surface area contributed by atoms with Gasteiger partial charge in [-0.3, -0.25) is 4.18 Å². The van der Waals surface area contributed by atoms with E-state index in [1.54, 1.807) is 19.1 Å². The van der Waals surface area contributed by atoms with Gasteiger partial charge in [-0.1, -0.05) is 11.6 Å². The van der Waals surface area contributed by atoms with Crippen LogP contribution >= 0.6 is 22.9 Å². The quantitative estimate of drug-likeness (QED) is 0.774. The summed E-state index contributed by atoms with van der Waals surface area (Å²) in [6.07, 6.45) is 1.46. The van der Waals surface area contributed by atoms with Gasteiger partial charge < -0.3 is 0 Å². The molecular weight excluding hydrogens is 244 g/mol. The van der Waals surface area contributed by atoms with Crippen molar-refractivity contribution in [2.75, 3.05) is 6.61 Å². The number of rotatable bonds is 4. The summed E-state index contributed by atoms with van der Waals surface area (Å²) < 4.78 is 27.3. The molecular formula is C8H9ClO3S2. The molecule has 0 atom stereocenters. The first-order valence-corrected chi connectivity index (χ1v) is 6.53. The Morgan fingerprint density at radius 2 is 2.29 bits per heavy atom. The number of thiophene rings is 1. The van der Waals surface area contributed by atoms with Crippen LogP contribution in [0.5, 0.6) is 0 Å². The van der Waals surface area contributed by atoms with Gasteiger partial charge in [0.05, 0.1) is 16.4 Å². The SMILES string of the molecule is CCOS(=O)(=O)/C=C/c1ccc(Cl)s1. The lowest BCUT2D eigenvalue weighted by atomic mass is 10.5. The van der Waals surface area contributed by atoms with Crippen molar-refractivity contribution < 1.29 is 12.6 Å². The monoisotopic (exact) mass is 252 g/mol. The van der Waals surface area contributed by atoms with Crippen molar-refractivity contribution in [3.8, 4) is 0 Å². The minimum Gasteiger partial charge on any atom is -0.267 e. The average Bonchev–Trinajstić information content (AvgIpc) is 2.48. The van der Waals surface area contributed by atoms with Gasteiger partial charge in [0, 0.05) is 4.88 Å². The fourth-order valence-electron chi connectivity index (χ4n) is 0.772. The summed E-state index contributed by atoms with van der Waals surface area (Å²) in [6.45, 7) is 1.76. The second-order valence-electron chi connectivity index (χ2n) is 2.34. The van der Waals surface area contributed by atoms with E-state index in [1.165, 1.54) is 17.4 Å². The Morgan fingerprint density at radius 3 is 2.79 bits per heavy atom. The zero-order valence-corrected chi connectivity index (χ0v) is 9.82. The van der Waals surface area contributed by atoms with Crippen molar-refractivity contribution >= 4 is 39.1 Å². The van der Waals surface area contributed by atoms with Crippen LogP contribution in [-0.4, -0.2) is 15.0 Å². The van der Waals surface area contributed by atoms with Crippen LogP contribution in [0.2, 0.25) is 4.34 Å². The van der Waals surface area contributed by atoms with Gasteiger partial charge in [0.2, 0.25) is 0 Å². The third-order valence-corrected chi connectivity index (χ3v) is 3.51. The van der Waals surface area contributed by atoms with Gasteiger partial charge in [0.1, 0.15) is 0 Å². The topological polar surface area (TPSA) is 43.4 Å². The molecule has 0 N–H and O–H groups in total. The molecule has 14 heavy (non-hydrogen) atoms. The molecule has 0 aliphatic carbocycles. The highest BCUT2D eigenvalue weighted by molar-refractivity contribution is 7.89. The van der Waals surface area contributed by atoms with Crippen molar-refractivity contribution in [2.24, 2.45) is 0 Å². The molecule has 0 amide bonds. The largest absolute Gasteiger partial charge is 0.290 e. The standard InChI is InChI=1S/C8H9ClO3S2/c1-2-12-14(10,11)6-5-7-3-4-8(9)13-7/h3-6H,2H2,1H3/b6-5+. The first-order chi connectivity index (χ1) is 6.53. The van der Waals surface area contributed by atoms with Crippen LogP contribution in [0.3, 0.4) is 0 Å². The third kappa shape index (κ3) is 3.79. The zero-order valence-electron chi connectivity index (χ0n) is 7.44. The van der Waals surface area contributed by atoms with E-state index in [-0.39, 0.29) is 6.61 Å². The molecule has 0 aliphatic heterocycles. The highest BCUT2D eigenvalue weighted by Crippen LogP contribution is 2.22. The minimum absolute atomic E-state index is 0.137. The second-order valence-corrected chi connectivity index (χ2v) is 5.58. The Kier molecular flexibility index (Phi) is 4.12. The Hall–Kier alpha value is -0.360. The summed E-state index contributed by atoms with van der Waals surface area (Å²) >= 11 is 6.98. The second kappa shape index (κ2) is 4.93. The molecule has 0 saturated heterocycles. The summed E-state index contributed by atoms with van der Waals surface area (Å²) in [5, 5.41) is 1.03. The van der Waals surface area contributed by atoms with Gasteiger partial charge >= 0.3 is 0 Å². The highest BCUT2D eigenvalue weighted by Gasteiger charge is 2.03. The van der Waals surface area contributed by atoms with E-state index >= 15 is 0 Å². The summed E-state index contributed by atoms with van der Waals surface area (Å²) in [6, 6.07) is 3.45. The number of hydrogen-bond acceptors (Lipinski definition) is 4. The number of halogens is 1. The maximum atomic E-state index is 11.1. The molecule has 0 aliphatic rings. The summed E-state index contributed by atoms with van der Waals surface area (Å²) in [4.78, 5) is 0.776. The fraction of sp³-hybridized carbons (Fsp3) is 0.250.